The van der Waals surface area contributed by atoms with E-state index in [0.717, 1.165) is 5.56 Å². The highest BCUT2D eigenvalue weighted by Gasteiger charge is 2.35. The molecule has 4 nitrogen and oxygen atoms in total. The minimum atomic E-state index is -1.09. The maximum atomic E-state index is 11.7. The topological polar surface area (TPSA) is 49.8 Å². The van der Waals surface area contributed by atoms with Crippen molar-refractivity contribution >= 4 is 5.91 Å². The molecule has 0 aliphatic carbocycles. The van der Waals surface area contributed by atoms with Crippen LogP contribution >= 0.6 is 0 Å². The van der Waals surface area contributed by atoms with Gasteiger partial charge in [0.05, 0.1) is 12.6 Å². The van der Waals surface area contributed by atoms with Gasteiger partial charge in [-0.05, 0) is 12.0 Å². The normalized spacial score (nSPS) is 24.0. The molecule has 1 aliphatic heterocycles. The summed E-state index contributed by atoms with van der Waals surface area (Å²) in [6, 6.07) is 9.85. The second-order valence-corrected chi connectivity index (χ2v) is 4.16. The van der Waals surface area contributed by atoms with Crippen LogP contribution in [-0.4, -0.2) is 35.0 Å². The minimum absolute atomic E-state index is 0.0696. The van der Waals surface area contributed by atoms with Gasteiger partial charge in [-0.3, -0.25) is 9.69 Å². The van der Waals surface area contributed by atoms with Crippen LogP contribution in [0.1, 0.15) is 18.9 Å². The number of carbonyl (C=O) groups is 1. The molecule has 1 aromatic rings. The molecule has 0 aromatic heterocycles. The fraction of sp³-hybridized carbons (Fsp3) is 0.462. The van der Waals surface area contributed by atoms with Crippen molar-refractivity contribution in [1.29, 1.82) is 0 Å². The average molecular weight is 235 g/mol. The Morgan fingerprint density at radius 2 is 2.18 bits per heavy atom. The summed E-state index contributed by atoms with van der Waals surface area (Å²) in [6.45, 7) is 2.18. The molecular formula is C13H17NO3. The number of aliphatic hydroxyl groups is 1. The molecule has 4 heteroatoms. The van der Waals surface area contributed by atoms with Gasteiger partial charge in [0.25, 0.3) is 0 Å². The first-order chi connectivity index (χ1) is 8.22. The zero-order valence-corrected chi connectivity index (χ0v) is 9.87. The van der Waals surface area contributed by atoms with Crippen molar-refractivity contribution in [3.8, 4) is 0 Å². The molecule has 92 valence electrons. The zero-order chi connectivity index (χ0) is 12.3. The van der Waals surface area contributed by atoms with E-state index < -0.39 is 6.41 Å². The molecule has 0 saturated carbocycles. The van der Waals surface area contributed by atoms with Gasteiger partial charge in [0.15, 0.2) is 0 Å². The van der Waals surface area contributed by atoms with Crippen LogP contribution in [0.15, 0.2) is 30.3 Å². The van der Waals surface area contributed by atoms with Gasteiger partial charge in [-0.15, -0.1) is 0 Å². The van der Waals surface area contributed by atoms with Gasteiger partial charge in [-0.2, -0.15) is 0 Å². The molecule has 0 bridgehead atoms. The van der Waals surface area contributed by atoms with Crippen molar-refractivity contribution in [1.82, 2.24) is 4.90 Å². The number of ether oxygens (including phenoxy) is 1. The molecule has 1 fully saturated rings. The highest BCUT2D eigenvalue weighted by molar-refractivity contribution is 5.76. The molecule has 1 heterocycles. The summed E-state index contributed by atoms with van der Waals surface area (Å²) in [5.41, 5.74) is 1.14. The third-order valence-corrected chi connectivity index (χ3v) is 2.97. The smallest absolute Gasteiger partial charge is 0.240 e. The lowest BCUT2D eigenvalue weighted by Crippen LogP contribution is -2.42. The number of amides is 1. The van der Waals surface area contributed by atoms with Gasteiger partial charge in [0.1, 0.15) is 0 Å². The van der Waals surface area contributed by atoms with E-state index in [2.05, 4.69) is 0 Å². The van der Waals surface area contributed by atoms with E-state index in [-0.39, 0.29) is 11.9 Å². The van der Waals surface area contributed by atoms with Gasteiger partial charge in [-0.25, -0.2) is 0 Å². The van der Waals surface area contributed by atoms with E-state index >= 15 is 0 Å². The standard InChI is InChI=1S/C13H17NO3/c1-2-12(15)14-11(9-17-13(14)16)8-10-6-4-3-5-7-10/h3-7,11,13,16H,2,8-9H2,1H3. The fourth-order valence-corrected chi connectivity index (χ4v) is 2.09. The minimum Gasteiger partial charge on any atom is -0.351 e. The van der Waals surface area contributed by atoms with Gasteiger partial charge >= 0.3 is 0 Å². The predicted molar refractivity (Wildman–Crippen MR) is 63.0 cm³/mol. The molecule has 2 atom stereocenters. The van der Waals surface area contributed by atoms with Crippen LogP contribution in [-0.2, 0) is 16.0 Å². The maximum absolute atomic E-state index is 11.7. The lowest BCUT2D eigenvalue weighted by molar-refractivity contribution is -0.164. The van der Waals surface area contributed by atoms with Crippen molar-refractivity contribution in [2.24, 2.45) is 0 Å². The summed E-state index contributed by atoms with van der Waals surface area (Å²) in [5, 5.41) is 9.62. The molecule has 0 radical (unpaired) electrons. The predicted octanol–water partition coefficient (Wildman–Crippen LogP) is 1.14. The molecule has 1 N–H and O–H groups in total. The summed E-state index contributed by atoms with van der Waals surface area (Å²) in [6.07, 6.45) is 0.00572. The highest BCUT2D eigenvalue weighted by Crippen LogP contribution is 2.20. The number of hydrogen-bond donors (Lipinski definition) is 1. The molecule has 2 rings (SSSR count). The number of carbonyl (C=O) groups excluding carboxylic acids is 1. The molecule has 2 unspecified atom stereocenters. The Kier molecular flexibility index (Phi) is 3.76. The van der Waals surface area contributed by atoms with Gasteiger partial charge in [0.2, 0.25) is 12.3 Å². The second-order valence-electron chi connectivity index (χ2n) is 4.16. The van der Waals surface area contributed by atoms with E-state index in [1.54, 1.807) is 6.92 Å². The number of nitrogens with zero attached hydrogens (tertiary/aromatic N) is 1. The number of hydrogen-bond acceptors (Lipinski definition) is 3. The Hall–Kier alpha value is -1.39. The molecule has 1 aliphatic rings. The molecule has 1 amide bonds. The van der Waals surface area contributed by atoms with Crippen LogP contribution in [0.2, 0.25) is 0 Å². The first-order valence-electron chi connectivity index (χ1n) is 5.87. The number of benzene rings is 1. The Morgan fingerprint density at radius 3 is 2.82 bits per heavy atom. The van der Waals surface area contributed by atoms with E-state index in [1.165, 1.54) is 4.90 Å². The summed E-state index contributed by atoms with van der Waals surface area (Å²) in [4.78, 5) is 13.1. The van der Waals surface area contributed by atoms with Crippen molar-refractivity contribution in [3.05, 3.63) is 35.9 Å². The molecule has 1 aromatic carbocycles. The Bertz CT molecular complexity index is 380. The van der Waals surface area contributed by atoms with Crippen LogP contribution in [0, 0.1) is 0 Å². The first kappa shape index (κ1) is 12.1. The first-order valence-corrected chi connectivity index (χ1v) is 5.87. The monoisotopic (exact) mass is 235 g/mol. The Morgan fingerprint density at radius 1 is 1.47 bits per heavy atom. The number of aliphatic hydroxyl groups excluding tert-OH is 1. The van der Waals surface area contributed by atoms with Gasteiger partial charge < -0.3 is 9.84 Å². The Balaban J connectivity index is 2.07. The number of rotatable bonds is 3. The summed E-state index contributed by atoms with van der Waals surface area (Å²) < 4.78 is 5.13. The van der Waals surface area contributed by atoms with Crippen LogP contribution in [0.25, 0.3) is 0 Å². The largest absolute Gasteiger partial charge is 0.351 e. The van der Waals surface area contributed by atoms with Crippen LogP contribution in [0.3, 0.4) is 0 Å². The summed E-state index contributed by atoms with van der Waals surface area (Å²) in [7, 11) is 0. The van der Waals surface area contributed by atoms with Crippen LogP contribution < -0.4 is 0 Å². The fourth-order valence-electron chi connectivity index (χ4n) is 2.09. The SMILES string of the molecule is CCC(=O)N1C(Cc2ccccc2)COC1O. The van der Waals surface area contributed by atoms with Crippen molar-refractivity contribution in [2.75, 3.05) is 6.61 Å². The molecule has 0 spiro atoms. The van der Waals surface area contributed by atoms with Gasteiger partial charge in [-0.1, -0.05) is 37.3 Å². The second kappa shape index (κ2) is 5.29. The van der Waals surface area contributed by atoms with Crippen molar-refractivity contribution in [2.45, 2.75) is 32.2 Å². The van der Waals surface area contributed by atoms with E-state index in [1.807, 2.05) is 30.3 Å². The van der Waals surface area contributed by atoms with E-state index in [9.17, 15) is 9.90 Å². The van der Waals surface area contributed by atoms with Crippen molar-refractivity contribution in [3.63, 3.8) is 0 Å². The quantitative estimate of drug-likeness (QED) is 0.854. The zero-order valence-electron chi connectivity index (χ0n) is 9.87. The highest BCUT2D eigenvalue weighted by atomic mass is 16.6. The average Bonchev–Trinajstić information content (AvgIpc) is 2.71. The summed E-state index contributed by atoms with van der Waals surface area (Å²) >= 11 is 0. The third kappa shape index (κ3) is 2.65. The van der Waals surface area contributed by atoms with Gasteiger partial charge in [0, 0.05) is 6.42 Å². The molecule has 17 heavy (non-hydrogen) atoms. The lowest BCUT2D eigenvalue weighted by atomic mass is 10.1. The van der Waals surface area contributed by atoms with E-state index in [0.29, 0.717) is 19.4 Å². The lowest BCUT2D eigenvalue weighted by Gasteiger charge is -2.24. The summed E-state index contributed by atoms with van der Waals surface area (Å²) in [5.74, 6) is -0.0732. The Labute approximate surface area is 101 Å². The molecule has 1 saturated heterocycles. The maximum Gasteiger partial charge on any atom is 0.240 e. The third-order valence-electron chi connectivity index (χ3n) is 2.97. The van der Waals surface area contributed by atoms with E-state index in [4.69, 9.17) is 4.74 Å². The van der Waals surface area contributed by atoms with Crippen LogP contribution in [0.5, 0.6) is 0 Å². The van der Waals surface area contributed by atoms with Crippen LogP contribution in [0.4, 0.5) is 0 Å². The van der Waals surface area contributed by atoms with Crippen molar-refractivity contribution < 1.29 is 14.6 Å². The molecular weight excluding hydrogens is 218 g/mol.